The lowest BCUT2D eigenvalue weighted by Gasteiger charge is -2.49. The Kier molecular flexibility index (Phi) is 7.37. The van der Waals surface area contributed by atoms with Crippen LogP contribution in [0.15, 0.2) is 12.7 Å². The Labute approximate surface area is 169 Å². The molecule has 4 saturated carbocycles. The van der Waals surface area contributed by atoms with E-state index in [2.05, 4.69) is 17.6 Å². The Morgan fingerprint density at radius 1 is 0.481 bits per heavy atom. The Morgan fingerprint density at radius 3 is 1.48 bits per heavy atom. The number of nitrogens with zero attached hydrogens (tertiary/aromatic N) is 1. The Bertz CT molecular complexity index is 429. The molecule has 0 aromatic rings. The van der Waals surface area contributed by atoms with Crippen LogP contribution >= 0.6 is 0 Å². The minimum Gasteiger partial charge on any atom is -0.294 e. The smallest absolute Gasteiger partial charge is 0.0102 e. The van der Waals surface area contributed by atoms with Crippen LogP contribution < -0.4 is 0 Å². The zero-order valence-corrected chi connectivity index (χ0v) is 17.9. The lowest BCUT2D eigenvalue weighted by molar-refractivity contribution is 0.00585. The van der Waals surface area contributed by atoms with Crippen LogP contribution in [0.5, 0.6) is 0 Å². The second-order valence-corrected chi connectivity index (χ2v) is 10.5. The first-order valence-corrected chi connectivity index (χ1v) is 12.7. The van der Waals surface area contributed by atoms with E-state index in [9.17, 15) is 0 Å². The minimum atomic E-state index is 0.802. The Hall–Kier alpha value is -0.300. The Morgan fingerprint density at radius 2 is 0.926 bits per heavy atom. The zero-order chi connectivity index (χ0) is 18.5. The quantitative estimate of drug-likeness (QED) is 0.452. The van der Waals surface area contributed by atoms with E-state index in [1.807, 2.05) is 0 Å². The summed E-state index contributed by atoms with van der Waals surface area (Å²) in [5.74, 6) is 2.97. The molecule has 1 nitrogen and oxygen atoms in total. The molecule has 0 atom stereocenters. The molecular weight excluding hydrogens is 326 g/mol. The lowest BCUT2D eigenvalue weighted by Crippen LogP contribution is -2.52. The van der Waals surface area contributed by atoms with Gasteiger partial charge < -0.3 is 0 Å². The molecule has 0 spiro atoms. The molecule has 4 aliphatic rings. The summed E-state index contributed by atoms with van der Waals surface area (Å²) in [6, 6.07) is 2.72. The van der Waals surface area contributed by atoms with Crippen LogP contribution in [0.3, 0.4) is 0 Å². The molecule has 0 aliphatic heterocycles. The third-order valence-corrected chi connectivity index (χ3v) is 8.97. The van der Waals surface area contributed by atoms with Crippen molar-refractivity contribution in [3.63, 3.8) is 0 Å². The van der Waals surface area contributed by atoms with Crippen LogP contribution in [0.25, 0.3) is 0 Å². The minimum absolute atomic E-state index is 0.802. The normalized spacial score (nSPS) is 37.4. The largest absolute Gasteiger partial charge is 0.294 e. The first-order chi connectivity index (χ1) is 13.3. The average molecular weight is 372 g/mol. The predicted molar refractivity (Wildman–Crippen MR) is 117 cm³/mol. The molecule has 0 aromatic carbocycles. The second kappa shape index (κ2) is 9.95. The van der Waals surface area contributed by atoms with Crippen molar-refractivity contribution in [1.82, 2.24) is 4.90 Å². The van der Waals surface area contributed by atoms with Gasteiger partial charge in [0.05, 0.1) is 0 Å². The topological polar surface area (TPSA) is 3.24 Å². The van der Waals surface area contributed by atoms with E-state index in [-0.39, 0.29) is 0 Å². The number of rotatable bonds is 5. The maximum absolute atomic E-state index is 4.07. The fraction of sp³-hybridized carbons (Fsp3) is 0.923. The van der Waals surface area contributed by atoms with Gasteiger partial charge in [0.15, 0.2) is 0 Å². The first kappa shape index (κ1) is 20.0. The van der Waals surface area contributed by atoms with Gasteiger partial charge in [-0.25, -0.2) is 0 Å². The summed E-state index contributed by atoms with van der Waals surface area (Å²) in [6.07, 6.45) is 29.1. The molecule has 0 bridgehead atoms. The van der Waals surface area contributed by atoms with Crippen molar-refractivity contribution in [2.45, 2.75) is 134 Å². The molecule has 154 valence electrons. The van der Waals surface area contributed by atoms with E-state index >= 15 is 0 Å². The van der Waals surface area contributed by atoms with Gasteiger partial charge >= 0.3 is 0 Å². The third kappa shape index (κ3) is 5.01. The van der Waals surface area contributed by atoms with Crippen molar-refractivity contribution < 1.29 is 0 Å². The summed E-state index contributed by atoms with van der Waals surface area (Å²) in [5, 5.41) is 0. The molecule has 27 heavy (non-hydrogen) atoms. The summed E-state index contributed by atoms with van der Waals surface area (Å²) in [7, 11) is 0. The monoisotopic (exact) mass is 371 g/mol. The van der Waals surface area contributed by atoms with Crippen LogP contribution in [-0.4, -0.2) is 23.0 Å². The van der Waals surface area contributed by atoms with Crippen molar-refractivity contribution >= 4 is 0 Å². The maximum Gasteiger partial charge on any atom is 0.0102 e. The molecule has 0 saturated heterocycles. The molecular formula is C26H45N. The van der Waals surface area contributed by atoms with E-state index in [0.717, 1.165) is 35.9 Å². The van der Waals surface area contributed by atoms with Gasteiger partial charge in [-0.2, -0.15) is 0 Å². The molecule has 0 heterocycles. The predicted octanol–water partition coefficient (Wildman–Crippen LogP) is 7.51. The molecule has 4 fully saturated rings. The molecule has 0 radical (unpaired) electrons. The highest BCUT2D eigenvalue weighted by atomic mass is 15.2. The van der Waals surface area contributed by atoms with Gasteiger partial charge in [0, 0.05) is 18.1 Å². The van der Waals surface area contributed by atoms with Crippen LogP contribution in [0.4, 0.5) is 0 Å². The maximum atomic E-state index is 4.07. The summed E-state index contributed by atoms with van der Waals surface area (Å²) < 4.78 is 0. The van der Waals surface area contributed by atoms with Crippen molar-refractivity contribution in [1.29, 1.82) is 0 Å². The first-order valence-electron chi connectivity index (χ1n) is 12.7. The standard InChI is InChI=1S/C26H45N/c1-2-21-13-17-25(18-14-21)27(24-11-7-4-8-12-24)26-19-15-23(16-20-26)22-9-5-3-6-10-22/h2,21-26H,1,3-20H2. The van der Waals surface area contributed by atoms with Gasteiger partial charge in [0.25, 0.3) is 0 Å². The summed E-state index contributed by atoms with van der Waals surface area (Å²) in [4.78, 5) is 3.13. The molecule has 1 heteroatoms. The molecule has 0 unspecified atom stereocenters. The summed E-state index contributed by atoms with van der Waals surface area (Å²) >= 11 is 0. The molecule has 0 amide bonds. The van der Waals surface area contributed by atoms with Crippen LogP contribution in [0.1, 0.15) is 116 Å². The lowest BCUT2D eigenvalue weighted by atomic mass is 9.71. The summed E-state index contributed by atoms with van der Waals surface area (Å²) in [5.41, 5.74) is 0. The van der Waals surface area contributed by atoms with E-state index < -0.39 is 0 Å². The highest BCUT2D eigenvalue weighted by Crippen LogP contribution is 2.42. The van der Waals surface area contributed by atoms with Crippen molar-refractivity contribution in [2.24, 2.45) is 17.8 Å². The molecule has 4 aliphatic carbocycles. The fourth-order valence-electron chi connectivity index (χ4n) is 7.39. The van der Waals surface area contributed by atoms with Crippen LogP contribution in [0, 0.1) is 17.8 Å². The zero-order valence-electron chi connectivity index (χ0n) is 17.9. The number of allylic oxidation sites excluding steroid dienone is 1. The third-order valence-electron chi connectivity index (χ3n) is 8.97. The number of hydrogen-bond acceptors (Lipinski definition) is 1. The van der Waals surface area contributed by atoms with E-state index in [0.29, 0.717) is 0 Å². The highest BCUT2D eigenvalue weighted by molar-refractivity contribution is 4.94. The van der Waals surface area contributed by atoms with Gasteiger partial charge in [0.1, 0.15) is 0 Å². The molecule has 4 rings (SSSR count). The number of hydrogen-bond donors (Lipinski definition) is 0. The SMILES string of the molecule is C=CC1CCC(N(C2CCCCC2)C2CCC(C3CCCCC3)CC2)CC1. The van der Waals surface area contributed by atoms with Gasteiger partial charge in [-0.15, -0.1) is 6.58 Å². The highest BCUT2D eigenvalue weighted by Gasteiger charge is 2.38. The van der Waals surface area contributed by atoms with E-state index in [1.165, 1.54) is 89.9 Å². The van der Waals surface area contributed by atoms with Crippen molar-refractivity contribution in [3.05, 3.63) is 12.7 Å². The van der Waals surface area contributed by atoms with Gasteiger partial charge in [0.2, 0.25) is 0 Å². The van der Waals surface area contributed by atoms with E-state index in [4.69, 9.17) is 0 Å². The van der Waals surface area contributed by atoms with Crippen molar-refractivity contribution in [2.75, 3.05) is 0 Å². The van der Waals surface area contributed by atoms with Crippen LogP contribution in [-0.2, 0) is 0 Å². The van der Waals surface area contributed by atoms with Crippen LogP contribution in [0.2, 0.25) is 0 Å². The Balaban J connectivity index is 1.37. The van der Waals surface area contributed by atoms with E-state index in [1.54, 1.807) is 25.7 Å². The summed E-state index contributed by atoms with van der Waals surface area (Å²) in [6.45, 7) is 4.07. The van der Waals surface area contributed by atoms with Gasteiger partial charge in [-0.1, -0.05) is 57.4 Å². The fourth-order valence-corrected chi connectivity index (χ4v) is 7.39. The molecule has 0 N–H and O–H groups in total. The molecule has 0 aromatic heterocycles. The van der Waals surface area contributed by atoms with Gasteiger partial charge in [-0.05, 0) is 82.0 Å². The van der Waals surface area contributed by atoms with Gasteiger partial charge in [-0.3, -0.25) is 4.90 Å². The average Bonchev–Trinajstić information content (AvgIpc) is 2.76. The second-order valence-electron chi connectivity index (χ2n) is 10.5. The van der Waals surface area contributed by atoms with Crippen molar-refractivity contribution in [3.8, 4) is 0 Å².